The molecule has 2 heterocycles. The molecule has 3 aromatic carbocycles. The summed E-state index contributed by atoms with van der Waals surface area (Å²) in [5.41, 5.74) is 2.50. The Bertz CT molecular complexity index is 1360. The van der Waals surface area contributed by atoms with Crippen LogP contribution in [0.3, 0.4) is 0 Å². The molecule has 2 N–H and O–H groups in total. The number of methoxy groups -OCH3 is 1. The van der Waals surface area contributed by atoms with Crippen LogP contribution in [0.1, 0.15) is 12.2 Å². The van der Waals surface area contributed by atoms with Crippen LogP contribution in [0, 0.1) is 0 Å². The fourth-order valence-corrected chi connectivity index (χ4v) is 4.80. The Morgan fingerprint density at radius 3 is 2.62 bits per heavy atom. The monoisotopic (exact) mass is 517 g/mol. The molecule has 4 aromatic rings. The van der Waals surface area contributed by atoms with Crippen molar-refractivity contribution < 1.29 is 19.0 Å². The molecule has 0 bridgehead atoms. The average molecular weight is 518 g/mol. The molecule has 1 amide bonds. The first-order valence-electron chi connectivity index (χ1n) is 11.9. The summed E-state index contributed by atoms with van der Waals surface area (Å²) >= 11 is 1.49. The average Bonchev–Trinajstić information content (AvgIpc) is 3.35. The van der Waals surface area contributed by atoms with E-state index in [0.717, 1.165) is 28.1 Å². The number of aromatic nitrogens is 3. The summed E-state index contributed by atoms with van der Waals surface area (Å²) in [6, 6.07) is 23.1. The highest BCUT2D eigenvalue weighted by Crippen LogP contribution is 2.33. The maximum absolute atomic E-state index is 12.6. The van der Waals surface area contributed by atoms with Gasteiger partial charge in [0.2, 0.25) is 5.91 Å². The van der Waals surface area contributed by atoms with E-state index < -0.39 is 0 Å². The lowest BCUT2D eigenvalue weighted by Crippen LogP contribution is -2.16. The fraction of sp³-hybridized carbons (Fsp3) is 0.222. The van der Waals surface area contributed by atoms with Crippen LogP contribution < -0.4 is 24.8 Å². The van der Waals surface area contributed by atoms with Crippen LogP contribution in [0.15, 0.2) is 78.0 Å². The van der Waals surface area contributed by atoms with Gasteiger partial charge in [-0.25, -0.2) is 0 Å². The van der Waals surface area contributed by atoms with Gasteiger partial charge in [-0.05, 0) is 36.4 Å². The number of carbonyl (C=O) groups excluding carboxylic acids is 1. The summed E-state index contributed by atoms with van der Waals surface area (Å²) in [6.07, 6.45) is 0.315. The minimum absolute atomic E-state index is 0.0898. The summed E-state index contributed by atoms with van der Waals surface area (Å²) < 4.78 is 18.6. The molecular formula is C27H27N5O4S. The fourth-order valence-electron chi connectivity index (χ4n) is 3.89. The molecule has 0 fully saturated rings. The zero-order chi connectivity index (χ0) is 25.5. The number of thioether (sulfide) groups is 1. The molecule has 0 unspecified atom stereocenters. The smallest absolute Gasteiger partial charge is 0.225 e. The van der Waals surface area contributed by atoms with Gasteiger partial charge in [0.05, 0.1) is 19.3 Å². The molecule has 1 aliphatic rings. The van der Waals surface area contributed by atoms with Gasteiger partial charge in [0.15, 0.2) is 22.5 Å². The number of nitrogens with zero attached hydrogens (tertiary/aromatic N) is 3. The quantitative estimate of drug-likeness (QED) is 0.290. The van der Waals surface area contributed by atoms with Crippen LogP contribution in [0.5, 0.6) is 17.2 Å². The van der Waals surface area contributed by atoms with Gasteiger partial charge in [0.25, 0.3) is 0 Å². The summed E-state index contributed by atoms with van der Waals surface area (Å²) in [7, 11) is 1.64. The third kappa shape index (κ3) is 5.97. The first-order chi connectivity index (χ1) is 18.2. The predicted molar refractivity (Wildman–Crippen MR) is 143 cm³/mol. The number of rotatable bonds is 10. The summed E-state index contributed by atoms with van der Waals surface area (Å²) in [5.74, 6) is 3.29. The van der Waals surface area contributed by atoms with Crippen LogP contribution in [-0.2, 0) is 11.3 Å². The van der Waals surface area contributed by atoms with Gasteiger partial charge in [-0.1, -0.05) is 42.1 Å². The van der Waals surface area contributed by atoms with Gasteiger partial charge in [-0.3, -0.25) is 9.36 Å². The second-order valence-corrected chi connectivity index (χ2v) is 9.19. The standard InChI is InChI=1S/C27H27N5O4S/c1-34-22-10-6-5-9-21(22)28-18-25-30-31-27(32(25)20-7-3-2-4-8-20)37-16-13-26(33)29-19-11-12-23-24(17-19)36-15-14-35-23/h2-12,17,28H,13-16,18H2,1H3,(H,29,33). The molecule has 0 saturated heterocycles. The van der Waals surface area contributed by atoms with Crippen molar-refractivity contribution in [3.63, 3.8) is 0 Å². The number of benzene rings is 3. The van der Waals surface area contributed by atoms with Crippen LogP contribution in [-0.4, -0.2) is 46.7 Å². The van der Waals surface area contributed by atoms with Crippen molar-refractivity contribution in [2.75, 3.05) is 36.7 Å². The molecule has 0 radical (unpaired) electrons. The van der Waals surface area contributed by atoms with Crippen LogP contribution in [0.4, 0.5) is 11.4 Å². The number of amides is 1. The lowest BCUT2D eigenvalue weighted by atomic mass is 10.2. The lowest BCUT2D eigenvalue weighted by molar-refractivity contribution is -0.115. The largest absolute Gasteiger partial charge is 0.495 e. The summed E-state index contributed by atoms with van der Waals surface area (Å²) in [4.78, 5) is 12.6. The van der Waals surface area contributed by atoms with Crippen molar-refractivity contribution in [2.24, 2.45) is 0 Å². The van der Waals surface area contributed by atoms with Crippen LogP contribution in [0.2, 0.25) is 0 Å². The minimum Gasteiger partial charge on any atom is -0.495 e. The second kappa shape index (κ2) is 11.7. The van der Waals surface area contributed by atoms with Gasteiger partial charge in [-0.2, -0.15) is 0 Å². The maximum atomic E-state index is 12.6. The normalized spacial score (nSPS) is 12.1. The highest BCUT2D eigenvalue weighted by atomic mass is 32.2. The summed E-state index contributed by atoms with van der Waals surface area (Å²) in [6.45, 7) is 1.48. The first-order valence-corrected chi connectivity index (χ1v) is 12.9. The highest BCUT2D eigenvalue weighted by Gasteiger charge is 2.16. The minimum atomic E-state index is -0.0898. The Morgan fingerprint density at radius 1 is 1.00 bits per heavy atom. The van der Waals surface area contributed by atoms with E-state index in [-0.39, 0.29) is 5.91 Å². The van der Waals surface area contributed by atoms with Crippen molar-refractivity contribution in [3.05, 3.63) is 78.6 Å². The number of ether oxygens (including phenoxy) is 3. The third-order valence-corrected chi connectivity index (χ3v) is 6.58. The molecule has 9 nitrogen and oxygen atoms in total. The van der Waals surface area contributed by atoms with E-state index in [1.54, 1.807) is 13.2 Å². The Morgan fingerprint density at radius 2 is 1.78 bits per heavy atom. The number of carbonyl (C=O) groups is 1. The number of anilines is 2. The lowest BCUT2D eigenvalue weighted by Gasteiger charge is -2.19. The zero-order valence-electron chi connectivity index (χ0n) is 20.3. The van der Waals surface area contributed by atoms with Crippen molar-refractivity contribution in [3.8, 4) is 22.9 Å². The van der Waals surface area contributed by atoms with Gasteiger partial charge < -0.3 is 24.8 Å². The zero-order valence-corrected chi connectivity index (χ0v) is 21.2. The van der Waals surface area contributed by atoms with Gasteiger partial charge in [0.1, 0.15) is 19.0 Å². The topological polar surface area (TPSA) is 99.5 Å². The molecule has 0 atom stereocenters. The molecule has 10 heteroatoms. The molecule has 0 aliphatic carbocycles. The third-order valence-electron chi connectivity index (χ3n) is 5.64. The second-order valence-electron chi connectivity index (χ2n) is 8.13. The van der Waals surface area contributed by atoms with E-state index in [1.807, 2.05) is 71.3 Å². The van der Waals surface area contributed by atoms with Gasteiger partial charge in [0, 0.05) is 29.6 Å². The molecule has 1 aliphatic heterocycles. The first kappa shape index (κ1) is 24.5. The molecule has 190 valence electrons. The summed E-state index contributed by atoms with van der Waals surface area (Å²) in [5, 5.41) is 15.9. The highest BCUT2D eigenvalue weighted by molar-refractivity contribution is 7.99. The maximum Gasteiger partial charge on any atom is 0.225 e. The Labute approximate surface area is 219 Å². The molecule has 0 saturated carbocycles. The Balaban J connectivity index is 1.24. The van der Waals surface area contributed by atoms with E-state index in [9.17, 15) is 4.79 Å². The van der Waals surface area contributed by atoms with E-state index in [1.165, 1.54) is 11.8 Å². The molecular weight excluding hydrogens is 490 g/mol. The number of fused-ring (bicyclic) bond motifs is 1. The molecule has 37 heavy (non-hydrogen) atoms. The molecule has 0 spiro atoms. The predicted octanol–water partition coefficient (Wildman–Crippen LogP) is 4.78. The van der Waals surface area contributed by atoms with Gasteiger partial charge in [-0.15, -0.1) is 10.2 Å². The van der Waals surface area contributed by atoms with Crippen LogP contribution in [0.25, 0.3) is 5.69 Å². The van der Waals surface area contributed by atoms with Crippen molar-refractivity contribution in [2.45, 2.75) is 18.1 Å². The van der Waals surface area contributed by atoms with Crippen molar-refractivity contribution in [1.82, 2.24) is 14.8 Å². The Kier molecular flexibility index (Phi) is 7.75. The van der Waals surface area contributed by atoms with Crippen LogP contribution >= 0.6 is 11.8 Å². The number of hydrogen-bond acceptors (Lipinski definition) is 8. The van der Waals surface area contributed by atoms with E-state index in [4.69, 9.17) is 14.2 Å². The van der Waals surface area contributed by atoms with Gasteiger partial charge >= 0.3 is 0 Å². The molecule has 5 rings (SSSR count). The van der Waals surface area contributed by atoms with Crippen molar-refractivity contribution in [1.29, 1.82) is 0 Å². The number of nitrogens with one attached hydrogen (secondary N) is 2. The molecule has 1 aromatic heterocycles. The number of para-hydroxylation sites is 3. The number of hydrogen-bond donors (Lipinski definition) is 2. The van der Waals surface area contributed by atoms with Crippen molar-refractivity contribution >= 4 is 29.0 Å². The SMILES string of the molecule is COc1ccccc1NCc1nnc(SCCC(=O)Nc2ccc3c(c2)OCCO3)n1-c1ccccc1. The Hall–Kier alpha value is -4.18. The van der Waals surface area contributed by atoms with E-state index >= 15 is 0 Å². The van der Waals surface area contributed by atoms with E-state index in [2.05, 4.69) is 20.8 Å². The van der Waals surface area contributed by atoms with E-state index in [0.29, 0.717) is 49.1 Å².